The van der Waals surface area contributed by atoms with Gasteiger partial charge in [0.25, 0.3) is 0 Å². The van der Waals surface area contributed by atoms with E-state index in [4.69, 9.17) is 5.73 Å². The summed E-state index contributed by atoms with van der Waals surface area (Å²) in [5.74, 6) is 0. The van der Waals surface area contributed by atoms with E-state index in [1.807, 2.05) is 6.07 Å². The second kappa shape index (κ2) is 3.40. The van der Waals surface area contributed by atoms with Gasteiger partial charge in [0.2, 0.25) is 0 Å². The van der Waals surface area contributed by atoms with E-state index in [-0.39, 0.29) is 5.54 Å². The van der Waals surface area contributed by atoms with Gasteiger partial charge in [0, 0.05) is 10.9 Å². The van der Waals surface area contributed by atoms with E-state index < -0.39 is 0 Å². The minimum Gasteiger partial charge on any atom is -0.345 e. The molecule has 3 aromatic rings. The number of thiazole rings is 1. The summed E-state index contributed by atoms with van der Waals surface area (Å²) < 4.78 is 0. The van der Waals surface area contributed by atoms with Crippen molar-refractivity contribution < 1.29 is 0 Å². The maximum absolute atomic E-state index is 6.17. The highest BCUT2D eigenvalue weighted by atomic mass is 32.1. The molecule has 1 aromatic carbocycles. The van der Waals surface area contributed by atoms with E-state index in [0.29, 0.717) is 0 Å². The SMILES string of the molecule is NC1(c2nc(-c3ccc4nc[nH]c4c3)cs2)CC1. The minimum atomic E-state index is -0.138. The molecule has 0 radical (unpaired) electrons. The van der Waals surface area contributed by atoms with Crippen LogP contribution in [0.15, 0.2) is 29.9 Å². The fourth-order valence-corrected chi connectivity index (χ4v) is 3.08. The summed E-state index contributed by atoms with van der Waals surface area (Å²) in [5.41, 5.74) is 10.2. The molecule has 1 fully saturated rings. The van der Waals surface area contributed by atoms with Crippen molar-refractivity contribution in [3.63, 3.8) is 0 Å². The second-order valence-electron chi connectivity index (χ2n) is 4.83. The van der Waals surface area contributed by atoms with E-state index in [1.165, 1.54) is 0 Å². The van der Waals surface area contributed by atoms with Gasteiger partial charge in [0.1, 0.15) is 5.01 Å². The lowest BCUT2D eigenvalue weighted by Crippen LogP contribution is -2.18. The molecule has 2 heterocycles. The Kier molecular flexibility index (Phi) is 1.93. The van der Waals surface area contributed by atoms with Gasteiger partial charge in [0.15, 0.2) is 0 Å². The van der Waals surface area contributed by atoms with Crippen molar-refractivity contribution in [2.45, 2.75) is 18.4 Å². The molecule has 0 amide bonds. The number of nitrogens with zero attached hydrogens (tertiary/aromatic N) is 2. The summed E-state index contributed by atoms with van der Waals surface area (Å²) in [5, 5.41) is 3.14. The van der Waals surface area contributed by atoms with Crippen molar-refractivity contribution in [2.24, 2.45) is 5.73 Å². The fraction of sp³-hybridized carbons (Fsp3) is 0.231. The normalized spacial score (nSPS) is 17.2. The number of hydrogen-bond acceptors (Lipinski definition) is 4. The largest absolute Gasteiger partial charge is 0.345 e. The number of benzene rings is 1. The number of fused-ring (bicyclic) bond motifs is 1. The van der Waals surface area contributed by atoms with E-state index in [0.717, 1.165) is 40.1 Å². The van der Waals surface area contributed by atoms with Crippen LogP contribution < -0.4 is 5.73 Å². The molecule has 1 aliphatic rings. The number of hydrogen-bond donors (Lipinski definition) is 2. The molecule has 5 heteroatoms. The Balaban J connectivity index is 1.79. The number of aromatic nitrogens is 3. The van der Waals surface area contributed by atoms with Crippen molar-refractivity contribution >= 4 is 22.4 Å². The van der Waals surface area contributed by atoms with Gasteiger partial charge in [-0.25, -0.2) is 9.97 Å². The zero-order chi connectivity index (χ0) is 12.2. The maximum Gasteiger partial charge on any atom is 0.113 e. The lowest BCUT2D eigenvalue weighted by atomic mass is 10.1. The fourth-order valence-electron chi connectivity index (χ4n) is 2.08. The second-order valence-corrected chi connectivity index (χ2v) is 5.69. The number of rotatable bonds is 2. The summed E-state index contributed by atoms with van der Waals surface area (Å²) in [6.45, 7) is 0. The van der Waals surface area contributed by atoms with Gasteiger partial charge in [-0.1, -0.05) is 6.07 Å². The molecular weight excluding hydrogens is 244 g/mol. The van der Waals surface area contributed by atoms with Crippen LogP contribution in [0.1, 0.15) is 17.8 Å². The van der Waals surface area contributed by atoms with Crippen LogP contribution in [0.5, 0.6) is 0 Å². The summed E-state index contributed by atoms with van der Waals surface area (Å²) in [6, 6.07) is 6.14. The van der Waals surface area contributed by atoms with Crippen LogP contribution in [-0.2, 0) is 5.54 Å². The van der Waals surface area contributed by atoms with Gasteiger partial charge in [-0.2, -0.15) is 0 Å². The first kappa shape index (κ1) is 10.2. The van der Waals surface area contributed by atoms with Crippen LogP contribution >= 0.6 is 11.3 Å². The predicted molar refractivity (Wildman–Crippen MR) is 72.3 cm³/mol. The maximum atomic E-state index is 6.17. The van der Waals surface area contributed by atoms with Crippen molar-refractivity contribution in [3.8, 4) is 11.3 Å². The number of aromatic amines is 1. The first-order chi connectivity index (χ1) is 8.74. The molecule has 0 unspecified atom stereocenters. The topological polar surface area (TPSA) is 67.6 Å². The Morgan fingerprint density at radius 3 is 3.06 bits per heavy atom. The van der Waals surface area contributed by atoms with E-state index in [9.17, 15) is 0 Å². The lowest BCUT2D eigenvalue weighted by molar-refractivity contribution is 0.732. The van der Waals surface area contributed by atoms with Crippen LogP contribution in [0, 0.1) is 0 Å². The van der Waals surface area contributed by atoms with Gasteiger partial charge >= 0.3 is 0 Å². The van der Waals surface area contributed by atoms with Gasteiger partial charge in [-0.3, -0.25) is 0 Å². The molecule has 0 bridgehead atoms. The molecule has 4 rings (SSSR count). The standard InChI is InChI=1S/C13H12N4S/c14-13(3-4-13)12-17-11(6-18-12)8-1-2-9-10(5-8)16-7-15-9/h1-2,5-7H,3-4,14H2,(H,15,16). The third-order valence-electron chi connectivity index (χ3n) is 3.43. The first-order valence-electron chi connectivity index (χ1n) is 5.93. The molecule has 0 atom stereocenters. The molecule has 1 saturated carbocycles. The van der Waals surface area contributed by atoms with Gasteiger partial charge in [-0.05, 0) is 25.0 Å². The highest BCUT2D eigenvalue weighted by Crippen LogP contribution is 2.44. The first-order valence-corrected chi connectivity index (χ1v) is 6.81. The van der Waals surface area contributed by atoms with Gasteiger partial charge in [-0.15, -0.1) is 11.3 Å². The summed E-state index contributed by atoms with van der Waals surface area (Å²) in [7, 11) is 0. The molecule has 0 spiro atoms. The highest BCUT2D eigenvalue weighted by molar-refractivity contribution is 7.10. The number of nitrogens with one attached hydrogen (secondary N) is 1. The lowest BCUT2D eigenvalue weighted by Gasteiger charge is -2.02. The average molecular weight is 256 g/mol. The number of nitrogens with two attached hydrogens (primary N) is 1. The molecule has 0 saturated heterocycles. The average Bonchev–Trinajstić information content (AvgIpc) is 2.89. The third-order valence-corrected chi connectivity index (χ3v) is 4.50. The Morgan fingerprint density at radius 2 is 2.22 bits per heavy atom. The Morgan fingerprint density at radius 1 is 1.33 bits per heavy atom. The molecule has 4 nitrogen and oxygen atoms in total. The Hall–Kier alpha value is -1.72. The zero-order valence-electron chi connectivity index (χ0n) is 9.68. The van der Waals surface area contributed by atoms with Crippen molar-refractivity contribution in [2.75, 3.05) is 0 Å². The molecule has 0 aliphatic heterocycles. The van der Waals surface area contributed by atoms with Crippen molar-refractivity contribution in [1.82, 2.24) is 15.0 Å². The van der Waals surface area contributed by atoms with Crippen LogP contribution in [0.25, 0.3) is 22.3 Å². The minimum absolute atomic E-state index is 0.138. The van der Waals surface area contributed by atoms with E-state index in [1.54, 1.807) is 17.7 Å². The van der Waals surface area contributed by atoms with Crippen molar-refractivity contribution in [3.05, 3.63) is 34.9 Å². The van der Waals surface area contributed by atoms with Crippen LogP contribution in [-0.4, -0.2) is 15.0 Å². The number of imidazole rings is 1. The molecule has 3 N–H and O–H groups in total. The summed E-state index contributed by atoms with van der Waals surface area (Å²) in [6.07, 6.45) is 3.82. The molecular formula is C13H12N4S. The van der Waals surface area contributed by atoms with Gasteiger partial charge in [0.05, 0.1) is 28.6 Å². The van der Waals surface area contributed by atoms with E-state index in [2.05, 4.69) is 32.5 Å². The van der Waals surface area contributed by atoms with Crippen LogP contribution in [0.3, 0.4) is 0 Å². The summed E-state index contributed by atoms with van der Waals surface area (Å²) in [4.78, 5) is 12.0. The molecule has 2 aromatic heterocycles. The third kappa shape index (κ3) is 1.48. The Bertz CT molecular complexity index is 723. The summed E-state index contributed by atoms with van der Waals surface area (Å²) >= 11 is 1.66. The molecule has 1 aliphatic carbocycles. The monoisotopic (exact) mass is 256 g/mol. The quantitative estimate of drug-likeness (QED) is 0.740. The highest BCUT2D eigenvalue weighted by Gasteiger charge is 2.42. The smallest absolute Gasteiger partial charge is 0.113 e. The zero-order valence-corrected chi connectivity index (χ0v) is 10.5. The van der Waals surface area contributed by atoms with Crippen LogP contribution in [0.4, 0.5) is 0 Å². The predicted octanol–water partition coefficient (Wildman–Crippen LogP) is 2.63. The Labute approximate surface area is 108 Å². The molecule has 90 valence electrons. The van der Waals surface area contributed by atoms with E-state index >= 15 is 0 Å². The number of H-pyrrole nitrogens is 1. The van der Waals surface area contributed by atoms with Gasteiger partial charge < -0.3 is 10.7 Å². The molecule has 18 heavy (non-hydrogen) atoms. The van der Waals surface area contributed by atoms with Crippen LogP contribution in [0.2, 0.25) is 0 Å². The van der Waals surface area contributed by atoms with Crippen molar-refractivity contribution in [1.29, 1.82) is 0 Å².